The van der Waals surface area contributed by atoms with E-state index in [1.54, 1.807) is 47.4 Å². The maximum Gasteiger partial charge on any atom is 0.405 e. The molecule has 40 heavy (non-hydrogen) atoms. The minimum absolute atomic E-state index is 0.254. The number of nitrogens with one attached hydrogen (secondary N) is 2. The lowest BCUT2D eigenvalue weighted by molar-refractivity contribution is -0.138. The predicted molar refractivity (Wildman–Crippen MR) is 146 cm³/mol. The first kappa shape index (κ1) is 27.4. The minimum atomic E-state index is -4.54. The molecule has 5 rings (SSSR count). The van der Waals surface area contributed by atoms with Gasteiger partial charge in [0, 0.05) is 17.8 Å². The molecule has 1 aliphatic carbocycles. The zero-order valence-corrected chi connectivity index (χ0v) is 22.1. The van der Waals surface area contributed by atoms with E-state index in [0.29, 0.717) is 41.8 Å². The van der Waals surface area contributed by atoms with Gasteiger partial charge in [-0.2, -0.15) is 13.2 Å². The third-order valence-electron chi connectivity index (χ3n) is 7.53. The third kappa shape index (κ3) is 5.33. The molecule has 1 fully saturated rings. The Kier molecular flexibility index (Phi) is 7.65. The molecule has 0 saturated carbocycles. The molecule has 3 aromatic rings. The van der Waals surface area contributed by atoms with Crippen molar-refractivity contribution in [2.45, 2.75) is 50.7 Å². The van der Waals surface area contributed by atoms with Crippen molar-refractivity contribution in [3.05, 3.63) is 89.0 Å². The number of halogens is 3. The number of benzene rings is 3. The fourth-order valence-electron chi connectivity index (χ4n) is 5.68. The number of hydrogen-bond acceptors (Lipinski definition) is 3. The summed E-state index contributed by atoms with van der Waals surface area (Å²) in [7, 11) is 0. The van der Waals surface area contributed by atoms with Crippen LogP contribution in [0, 0.1) is 0 Å². The molecule has 0 spiro atoms. The fraction of sp³-hybridized carbons (Fsp3) is 0.323. The standard InChI is InChI=1S/C31H30F3N3O3/c1-2-3-11-23-25(37-17-16-24(30(37)40)36-28(38)19-9-5-4-6-10-19)15-14-22-20-12-7-8-13-21(20)27(26(22)23)29(39)35-18-31(32,33)34/h4-10,12-15,24,27H,2-3,11,16-18H2,1H3,(H,35,39)(H,36,38). The quantitative estimate of drug-likeness (QED) is 0.398. The Bertz CT molecular complexity index is 1440. The van der Waals surface area contributed by atoms with Crippen LogP contribution in [0.1, 0.15) is 59.2 Å². The molecular formula is C31H30F3N3O3. The van der Waals surface area contributed by atoms with Crippen molar-refractivity contribution in [3.63, 3.8) is 0 Å². The molecule has 0 radical (unpaired) electrons. The molecule has 208 valence electrons. The number of unbranched alkanes of at least 4 members (excludes halogenated alkanes) is 1. The first-order chi connectivity index (χ1) is 19.2. The summed E-state index contributed by atoms with van der Waals surface area (Å²) in [6.45, 7) is 0.979. The zero-order chi connectivity index (χ0) is 28.4. The van der Waals surface area contributed by atoms with Gasteiger partial charge in [-0.1, -0.05) is 61.9 Å². The van der Waals surface area contributed by atoms with Crippen molar-refractivity contribution in [1.82, 2.24) is 10.6 Å². The highest BCUT2D eigenvalue weighted by Crippen LogP contribution is 2.49. The van der Waals surface area contributed by atoms with Crippen LogP contribution in [0.5, 0.6) is 0 Å². The maximum absolute atomic E-state index is 13.6. The molecule has 0 aromatic heterocycles. The van der Waals surface area contributed by atoms with E-state index >= 15 is 0 Å². The lowest BCUT2D eigenvalue weighted by Gasteiger charge is -2.25. The van der Waals surface area contributed by atoms with Crippen LogP contribution in [0.3, 0.4) is 0 Å². The largest absolute Gasteiger partial charge is 0.405 e. The van der Waals surface area contributed by atoms with E-state index in [1.165, 1.54) is 0 Å². The average molecular weight is 550 g/mol. The monoisotopic (exact) mass is 549 g/mol. The second kappa shape index (κ2) is 11.2. The Labute approximate surface area is 230 Å². The number of carbonyl (C=O) groups excluding carboxylic acids is 3. The summed E-state index contributed by atoms with van der Waals surface area (Å²) in [5, 5.41) is 4.91. The Hall–Kier alpha value is -4.14. The van der Waals surface area contributed by atoms with Gasteiger partial charge in [-0.15, -0.1) is 0 Å². The van der Waals surface area contributed by atoms with Crippen molar-refractivity contribution in [1.29, 1.82) is 0 Å². The van der Waals surface area contributed by atoms with Gasteiger partial charge in [-0.25, -0.2) is 0 Å². The number of carbonyl (C=O) groups is 3. The van der Waals surface area contributed by atoms with E-state index in [0.717, 1.165) is 29.5 Å². The van der Waals surface area contributed by atoms with Crippen molar-refractivity contribution >= 4 is 23.4 Å². The first-order valence-corrected chi connectivity index (χ1v) is 13.5. The van der Waals surface area contributed by atoms with Crippen LogP contribution in [0.2, 0.25) is 0 Å². The Morgan fingerprint density at radius 1 is 0.975 bits per heavy atom. The molecule has 3 aromatic carbocycles. The molecule has 9 heteroatoms. The Morgan fingerprint density at radius 3 is 2.42 bits per heavy atom. The van der Waals surface area contributed by atoms with Gasteiger partial charge in [0.1, 0.15) is 12.6 Å². The summed E-state index contributed by atoms with van der Waals surface area (Å²) >= 11 is 0. The van der Waals surface area contributed by atoms with E-state index in [1.807, 2.05) is 31.2 Å². The number of hydrogen-bond donors (Lipinski definition) is 2. The fourth-order valence-corrected chi connectivity index (χ4v) is 5.68. The van der Waals surface area contributed by atoms with Crippen molar-refractivity contribution in [2.75, 3.05) is 18.0 Å². The number of fused-ring (bicyclic) bond motifs is 3. The molecular weight excluding hydrogens is 519 g/mol. The van der Waals surface area contributed by atoms with Crippen LogP contribution >= 0.6 is 0 Å². The summed E-state index contributed by atoms with van der Waals surface area (Å²) in [4.78, 5) is 41.2. The molecule has 6 nitrogen and oxygen atoms in total. The van der Waals surface area contributed by atoms with Crippen LogP contribution in [0.25, 0.3) is 11.1 Å². The van der Waals surface area contributed by atoms with Gasteiger partial charge in [-0.3, -0.25) is 14.4 Å². The lowest BCUT2D eigenvalue weighted by atomic mass is 9.88. The highest BCUT2D eigenvalue weighted by atomic mass is 19.4. The zero-order valence-electron chi connectivity index (χ0n) is 22.1. The predicted octanol–water partition coefficient (Wildman–Crippen LogP) is 5.36. The van der Waals surface area contributed by atoms with Gasteiger partial charge < -0.3 is 15.5 Å². The van der Waals surface area contributed by atoms with Crippen LogP contribution in [0.15, 0.2) is 66.7 Å². The molecule has 1 saturated heterocycles. The molecule has 2 aliphatic rings. The molecule has 1 aliphatic heterocycles. The maximum atomic E-state index is 13.6. The summed E-state index contributed by atoms with van der Waals surface area (Å²) < 4.78 is 39.0. The van der Waals surface area contributed by atoms with Gasteiger partial charge in [0.25, 0.3) is 5.91 Å². The van der Waals surface area contributed by atoms with E-state index in [2.05, 4.69) is 10.6 Å². The molecule has 2 N–H and O–H groups in total. The van der Waals surface area contributed by atoms with Crippen molar-refractivity contribution in [3.8, 4) is 11.1 Å². The topological polar surface area (TPSA) is 78.5 Å². The summed E-state index contributed by atoms with van der Waals surface area (Å²) in [5.41, 5.74) is 4.76. The van der Waals surface area contributed by atoms with Gasteiger partial charge >= 0.3 is 6.18 Å². The molecule has 3 amide bonds. The van der Waals surface area contributed by atoms with E-state index in [-0.39, 0.29) is 11.8 Å². The number of amides is 3. The SMILES string of the molecule is CCCCc1c(N2CCC(NC(=O)c3ccccc3)C2=O)ccc2c1C(C(=O)NCC(F)(F)F)c1ccccc1-2. The van der Waals surface area contributed by atoms with Crippen molar-refractivity contribution < 1.29 is 27.6 Å². The summed E-state index contributed by atoms with van der Waals surface area (Å²) in [6, 6.07) is 18.9. The number of anilines is 1. The Morgan fingerprint density at radius 2 is 1.70 bits per heavy atom. The van der Waals surface area contributed by atoms with Crippen LogP contribution < -0.4 is 15.5 Å². The summed E-state index contributed by atoms with van der Waals surface area (Å²) in [5.74, 6) is -2.24. The molecule has 2 unspecified atom stereocenters. The average Bonchev–Trinajstić information content (AvgIpc) is 3.48. The normalized spacial score (nSPS) is 17.9. The highest BCUT2D eigenvalue weighted by Gasteiger charge is 2.41. The van der Waals surface area contributed by atoms with Crippen LogP contribution in [-0.4, -0.2) is 43.0 Å². The second-order valence-electron chi connectivity index (χ2n) is 10.2. The smallest absolute Gasteiger partial charge is 0.346 e. The van der Waals surface area contributed by atoms with Gasteiger partial charge in [0.2, 0.25) is 11.8 Å². The van der Waals surface area contributed by atoms with Gasteiger partial charge in [0.05, 0.1) is 5.92 Å². The third-order valence-corrected chi connectivity index (χ3v) is 7.53. The first-order valence-electron chi connectivity index (χ1n) is 13.5. The van der Waals surface area contributed by atoms with Crippen LogP contribution in [0.4, 0.5) is 18.9 Å². The highest BCUT2D eigenvalue weighted by molar-refractivity contribution is 6.05. The van der Waals surface area contributed by atoms with Gasteiger partial charge in [0.15, 0.2) is 0 Å². The number of nitrogens with zero attached hydrogens (tertiary/aromatic N) is 1. The number of alkyl halides is 3. The molecule has 0 bridgehead atoms. The van der Waals surface area contributed by atoms with E-state index in [9.17, 15) is 27.6 Å². The Balaban J connectivity index is 1.51. The van der Waals surface area contributed by atoms with E-state index in [4.69, 9.17) is 0 Å². The molecule has 2 atom stereocenters. The summed E-state index contributed by atoms with van der Waals surface area (Å²) in [6.07, 6.45) is -1.95. The molecule has 1 heterocycles. The van der Waals surface area contributed by atoms with E-state index < -0.39 is 30.6 Å². The second-order valence-corrected chi connectivity index (χ2v) is 10.2. The number of rotatable bonds is 8. The van der Waals surface area contributed by atoms with Gasteiger partial charge in [-0.05, 0) is 65.3 Å². The lowest BCUT2D eigenvalue weighted by Crippen LogP contribution is -2.41. The van der Waals surface area contributed by atoms with Crippen LogP contribution in [-0.2, 0) is 16.0 Å². The minimum Gasteiger partial charge on any atom is -0.346 e. The van der Waals surface area contributed by atoms with Crippen molar-refractivity contribution in [2.24, 2.45) is 0 Å².